The Morgan fingerprint density at radius 3 is 2.41 bits per heavy atom. The molecule has 0 atom stereocenters. The number of hydrogen-bond acceptors (Lipinski definition) is 4. The highest BCUT2D eigenvalue weighted by Crippen LogP contribution is 2.20. The van der Waals surface area contributed by atoms with Crippen LogP contribution in [0.2, 0.25) is 0 Å². The minimum Gasteiger partial charge on any atom is -0.490 e. The van der Waals surface area contributed by atoms with Crippen LogP contribution in [0.15, 0.2) is 48.5 Å². The smallest absolute Gasteiger partial charge is 0.260 e. The van der Waals surface area contributed by atoms with E-state index in [1.165, 1.54) is 19.1 Å². The number of ether oxygens (including phenoxy) is 2. The first-order valence-corrected chi connectivity index (χ1v) is 8.95. The van der Waals surface area contributed by atoms with E-state index >= 15 is 0 Å². The molecule has 27 heavy (non-hydrogen) atoms. The number of carbonyl (C=O) groups excluding carboxylic acids is 2. The highest BCUT2D eigenvalue weighted by atomic mass is 19.1. The zero-order valence-corrected chi connectivity index (χ0v) is 15.2. The molecule has 1 heterocycles. The summed E-state index contributed by atoms with van der Waals surface area (Å²) in [5.74, 6) is 0.638. The second-order valence-corrected chi connectivity index (χ2v) is 6.52. The van der Waals surface area contributed by atoms with E-state index in [-0.39, 0.29) is 30.2 Å². The summed E-state index contributed by atoms with van der Waals surface area (Å²) in [7, 11) is 0. The van der Waals surface area contributed by atoms with Crippen molar-refractivity contribution >= 4 is 11.7 Å². The maximum absolute atomic E-state index is 13.2. The van der Waals surface area contributed by atoms with E-state index in [1.54, 1.807) is 41.3 Å². The molecule has 1 aliphatic rings. The van der Waals surface area contributed by atoms with Crippen LogP contribution in [0.4, 0.5) is 4.39 Å². The zero-order valence-electron chi connectivity index (χ0n) is 15.2. The van der Waals surface area contributed by atoms with Crippen LogP contribution in [0.5, 0.6) is 11.5 Å². The number of halogens is 1. The normalized spacial score (nSPS) is 14.7. The maximum atomic E-state index is 13.2. The molecule has 0 aliphatic carbocycles. The Morgan fingerprint density at radius 1 is 1.07 bits per heavy atom. The molecule has 2 aromatic rings. The van der Waals surface area contributed by atoms with Crippen LogP contribution in [0.1, 0.15) is 30.1 Å². The van der Waals surface area contributed by atoms with E-state index in [0.717, 1.165) is 0 Å². The minimum atomic E-state index is -0.325. The lowest BCUT2D eigenvalue weighted by molar-refractivity contribution is -0.135. The van der Waals surface area contributed by atoms with Crippen LogP contribution >= 0.6 is 0 Å². The summed E-state index contributed by atoms with van der Waals surface area (Å²) in [5, 5.41) is 0. The van der Waals surface area contributed by atoms with Gasteiger partial charge in [-0.2, -0.15) is 0 Å². The Kier molecular flexibility index (Phi) is 6.06. The van der Waals surface area contributed by atoms with Gasteiger partial charge in [0.25, 0.3) is 5.91 Å². The van der Waals surface area contributed by atoms with Gasteiger partial charge in [-0.05, 0) is 43.3 Å². The summed E-state index contributed by atoms with van der Waals surface area (Å²) in [6.45, 7) is 2.60. The van der Waals surface area contributed by atoms with Crippen LogP contribution < -0.4 is 9.47 Å². The summed E-state index contributed by atoms with van der Waals surface area (Å²) in [5.41, 5.74) is 0.606. The molecule has 0 bridgehead atoms. The zero-order chi connectivity index (χ0) is 19.2. The molecule has 142 valence electrons. The summed E-state index contributed by atoms with van der Waals surface area (Å²) in [6, 6.07) is 12.8. The fraction of sp³-hybridized carbons (Fsp3) is 0.333. The number of ketones is 1. The maximum Gasteiger partial charge on any atom is 0.260 e. The molecular formula is C21H22FNO4. The van der Waals surface area contributed by atoms with E-state index in [4.69, 9.17) is 9.47 Å². The van der Waals surface area contributed by atoms with Crippen LogP contribution in [0, 0.1) is 5.82 Å². The number of hydrogen-bond donors (Lipinski definition) is 0. The molecule has 0 saturated carbocycles. The molecule has 0 radical (unpaired) electrons. The topological polar surface area (TPSA) is 55.8 Å². The van der Waals surface area contributed by atoms with Crippen molar-refractivity contribution in [2.75, 3.05) is 19.7 Å². The first-order chi connectivity index (χ1) is 13.0. The number of likely N-dealkylation sites (tertiary alicyclic amines) is 1. The number of carbonyl (C=O) groups is 2. The Hall–Kier alpha value is -2.89. The van der Waals surface area contributed by atoms with Gasteiger partial charge in [-0.3, -0.25) is 9.59 Å². The molecule has 0 N–H and O–H groups in total. The standard InChI is InChI=1S/C21H22FNO4/c1-15(24)16-5-7-18(8-6-16)26-14-21(25)23-11-9-19(10-12-23)27-20-4-2-3-17(22)13-20/h2-8,13,19H,9-12,14H2,1H3. The second kappa shape index (κ2) is 8.66. The van der Waals surface area contributed by atoms with Crippen molar-refractivity contribution in [2.24, 2.45) is 0 Å². The largest absolute Gasteiger partial charge is 0.490 e. The van der Waals surface area contributed by atoms with Gasteiger partial charge in [0.2, 0.25) is 0 Å². The fourth-order valence-electron chi connectivity index (χ4n) is 2.98. The number of benzene rings is 2. The summed E-state index contributed by atoms with van der Waals surface area (Å²) >= 11 is 0. The lowest BCUT2D eigenvalue weighted by Gasteiger charge is -2.32. The van der Waals surface area contributed by atoms with E-state index < -0.39 is 0 Å². The van der Waals surface area contributed by atoms with Gasteiger partial charge in [-0.25, -0.2) is 4.39 Å². The van der Waals surface area contributed by atoms with Gasteiger partial charge in [0, 0.05) is 37.6 Å². The third-order valence-corrected chi connectivity index (χ3v) is 4.52. The van der Waals surface area contributed by atoms with Gasteiger partial charge >= 0.3 is 0 Å². The Balaban J connectivity index is 1.43. The molecule has 0 unspecified atom stereocenters. The molecule has 5 nitrogen and oxygen atoms in total. The molecule has 2 aromatic carbocycles. The summed E-state index contributed by atoms with van der Waals surface area (Å²) in [4.78, 5) is 25.3. The summed E-state index contributed by atoms with van der Waals surface area (Å²) in [6.07, 6.45) is 1.35. The highest BCUT2D eigenvalue weighted by molar-refractivity contribution is 5.94. The van der Waals surface area contributed by atoms with E-state index in [0.29, 0.717) is 43.0 Å². The predicted molar refractivity (Wildman–Crippen MR) is 98.6 cm³/mol. The Labute approximate surface area is 157 Å². The first kappa shape index (κ1) is 18.9. The van der Waals surface area contributed by atoms with Gasteiger partial charge in [0.05, 0.1) is 0 Å². The van der Waals surface area contributed by atoms with Crippen molar-refractivity contribution < 1.29 is 23.5 Å². The van der Waals surface area contributed by atoms with Gasteiger partial charge < -0.3 is 14.4 Å². The SMILES string of the molecule is CC(=O)c1ccc(OCC(=O)N2CCC(Oc3cccc(F)c3)CC2)cc1. The lowest BCUT2D eigenvalue weighted by Crippen LogP contribution is -2.43. The van der Waals surface area contributed by atoms with E-state index in [2.05, 4.69) is 0 Å². The van der Waals surface area contributed by atoms with Crippen molar-refractivity contribution in [3.05, 3.63) is 59.9 Å². The quantitative estimate of drug-likeness (QED) is 0.730. The van der Waals surface area contributed by atoms with E-state index in [1.807, 2.05) is 0 Å². The Bertz CT molecular complexity index is 798. The molecule has 1 aliphatic heterocycles. The fourth-order valence-corrected chi connectivity index (χ4v) is 2.98. The van der Waals surface area contributed by atoms with Gasteiger partial charge in [0.1, 0.15) is 23.4 Å². The third-order valence-electron chi connectivity index (χ3n) is 4.52. The van der Waals surface area contributed by atoms with Gasteiger partial charge in [-0.15, -0.1) is 0 Å². The average molecular weight is 371 g/mol. The molecule has 0 aromatic heterocycles. The number of amides is 1. The minimum absolute atomic E-state index is 0.0130. The lowest BCUT2D eigenvalue weighted by atomic mass is 10.1. The molecule has 6 heteroatoms. The first-order valence-electron chi connectivity index (χ1n) is 8.95. The van der Waals surface area contributed by atoms with Crippen LogP contribution in [-0.4, -0.2) is 42.4 Å². The van der Waals surface area contributed by atoms with Crippen LogP contribution in [0.3, 0.4) is 0 Å². The molecule has 1 amide bonds. The molecule has 0 spiro atoms. The van der Waals surface area contributed by atoms with Crippen molar-refractivity contribution in [2.45, 2.75) is 25.9 Å². The average Bonchev–Trinajstić information content (AvgIpc) is 2.67. The number of rotatable bonds is 6. The van der Waals surface area contributed by atoms with Crippen molar-refractivity contribution in [3.63, 3.8) is 0 Å². The van der Waals surface area contributed by atoms with Crippen molar-refractivity contribution in [3.8, 4) is 11.5 Å². The predicted octanol–water partition coefficient (Wildman–Crippen LogP) is 3.48. The second-order valence-electron chi connectivity index (χ2n) is 6.52. The van der Waals surface area contributed by atoms with Crippen molar-refractivity contribution in [1.29, 1.82) is 0 Å². The van der Waals surface area contributed by atoms with E-state index in [9.17, 15) is 14.0 Å². The number of nitrogens with zero attached hydrogens (tertiary/aromatic N) is 1. The number of Topliss-reactive ketones (excluding diaryl/α,β-unsaturated/α-hetero) is 1. The molecule has 3 rings (SSSR count). The third kappa shape index (κ3) is 5.29. The van der Waals surface area contributed by atoms with Crippen LogP contribution in [0.25, 0.3) is 0 Å². The summed E-state index contributed by atoms with van der Waals surface area (Å²) < 4.78 is 24.5. The monoisotopic (exact) mass is 371 g/mol. The molecule has 1 fully saturated rings. The Morgan fingerprint density at radius 2 is 1.78 bits per heavy atom. The molecule has 1 saturated heterocycles. The van der Waals surface area contributed by atoms with Gasteiger partial charge in [0.15, 0.2) is 12.4 Å². The van der Waals surface area contributed by atoms with Crippen molar-refractivity contribution in [1.82, 2.24) is 4.90 Å². The van der Waals surface area contributed by atoms with Crippen LogP contribution in [-0.2, 0) is 4.79 Å². The molecular weight excluding hydrogens is 349 g/mol. The highest BCUT2D eigenvalue weighted by Gasteiger charge is 2.24. The number of piperidine rings is 1. The van der Waals surface area contributed by atoms with Gasteiger partial charge in [-0.1, -0.05) is 6.07 Å².